The molecule has 0 atom stereocenters. The van der Waals surface area contributed by atoms with E-state index in [2.05, 4.69) is 10.3 Å². The topological polar surface area (TPSA) is 45.2 Å². The van der Waals surface area contributed by atoms with Gasteiger partial charge in [0.25, 0.3) is 0 Å². The van der Waals surface area contributed by atoms with Crippen molar-refractivity contribution >= 4 is 23.3 Å². The molecule has 4 nitrogen and oxygen atoms in total. The third-order valence-corrected chi connectivity index (χ3v) is 4.52. The first-order valence-corrected chi connectivity index (χ1v) is 8.35. The molecule has 0 radical (unpaired) electrons. The fraction of sp³-hybridized carbons (Fsp3) is 0.625. The van der Waals surface area contributed by atoms with Crippen molar-refractivity contribution in [3.8, 4) is 0 Å². The highest BCUT2D eigenvalue weighted by Crippen LogP contribution is 2.32. The molecule has 1 N–H and O–H groups in total. The van der Waals surface area contributed by atoms with Crippen LogP contribution in [0, 0.1) is 5.92 Å². The predicted molar refractivity (Wildman–Crippen MR) is 87.0 cm³/mol. The van der Waals surface area contributed by atoms with Gasteiger partial charge in [0.05, 0.1) is 10.6 Å². The van der Waals surface area contributed by atoms with Crippen LogP contribution in [-0.2, 0) is 11.0 Å². The number of nitrogens with one attached hydrogen (secondary N) is 1. The summed E-state index contributed by atoms with van der Waals surface area (Å²) in [6.07, 6.45) is 1.28. The van der Waals surface area contributed by atoms with Crippen LogP contribution in [-0.4, -0.2) is 35.9 Å². The summed E-state index contributed by atoms with van der Waals surface area (Å²) in [6.45, 7) is 1.03. The molecule has 1 amide bonds. The van der Waals surface area contributed by atoms with Gasteiger partial charge in [-0.3, -0.25) is 4.79 Å². The molecule has 134 valence electrons. The molecule has 1 aliphatic carbocycles. The van der Waals surface area contributed by atoms with Gasteiger partial charge in [-0.1, -0.05) is 24.4 Å². The summed E-state index contributed by atoms with van der Waals surface area (Å²) < 4.78 is 37.6. The third-order valence-electron chi connectivity index (χ3n) is 4.23. The molecular weight excluding hydrogens is 343 g/mol. The largest absolute Gasteiger partial charge is 0.417 e. The number of alkyl halides is 3. The first-order valence-electron chi connectivity index (χ1n) is 7.98. The minimum atomic E-state index is -4.48. The Labute approximate surface area is 144 Å². The van der Waals surface area contributed by atoms with Crippen molar-refractivity contribution in [2.45, 2.75) is 38.3 Å². The van der Waals surface area contributed by atoms with E-state index in [-0.39, 0.29) is 29.7 Å². The summed E-state index contributed by atoms with van der Waals surface area (Å²) in [5, 5.41) is 2.70. The van der Waals surface area contributed by atoms with Crippen molar-refractivity contribution in [1.82, 2.24) is 9.88 Å². The molecule has 24 heavy (non-hydrogen) atoms. The smallest absolute Gasteiger partial charge is 0.368 e. The number of aromatic nitrogens is 1. The van der Waals surface area contributed by atoms with Crippen LogP contribution < -0.4 is 5.32 Å². The third kappa shape index (κ3) is 5.26. The Morgan fingerprint density at radius 1 is 1.42 bits per heavy atom. The maximum atomic E-state index is 12.5. The van der Waals surface area contributed by atoms with E-state index in [0.717, 1.165) is 18.8 Å². The van der Waals surface area contributed by atoms with E-state index in [9.17, 15) is 18.0 Å². The standard InChI is InChI=1S/C16H21ClF3N3O/c1-23(10-11-4-2-3-5-11)14(24)6-7-21-15-13(17)8-12(9-22-15)16(18,19)20/h8-9,11H,2-7,10H2,1H3,(H,21,22). The minimum Gasteiger partial charge on any atom is -0.368 e. The summed E-state index contributed by atoms with van der Waals surface area (Å²) in [5.74, 6) is 0.728. The van der Waals surface area contributed by atoms with Gasteiger partial charge in [-0.15, -0.1) is 0 Å². The number of carbonyl (C=O) groups excluding carboxylic acids is 1. The molecule has 8 heteroatoms. The van der Waals surface area contributed by atoms with E-state index in [1.54, 1.807) is 11.9 Å². The van der Waals surface area contributed by atoms with Gasteiger partial charge in [0.1, 0.15) is 5.82 Å². The summed E-state index contributed by atoms with van der Waals surface area (Å²) in [6, 6.07) is 0.824. The summed E-state index contributed by atoms with van der Waals surface area (Å²) in [7, 11) is 1.78. The first-order chi connectivity index (χ1) is 11.3. The van der Waals surface area contributed by atoms with Gasteiger partial charge in [-0.05, 0) is 24.8 Å². The van der Waals surface area contributed by atoms with Crippen LogP contribution in [0.5, 0.6) is 0 Å². The molecule has 1 aliphatic rings. The van der Waals surface area contributed by atoms with Crippen LogP contribution in [0.25, 0.3) is 0 Å². The average molecular weight is 364 g/mol. The van der Waals surface area contributed by atoms with Crippen molar-refractivity contribution in [3.05, 3.63) is 22.8 Å². The predicted octanol–water partition coefficient (Wildman–Crippen LogP) is 4.20. The molecule has 0 unspecified atom stereocenters. The molecule has 0 aromatic carbocycles. The number of nitrogens with zero attached hydrogens (tertiary/aromatic N) is 2. The second-order valence-corrected chi connectivity index (χ2v) is 6.56. The maximum absolute atomic E-state index is 12.5. The Morgan fingerprint density at radius 2 is 2.08 bits per heavy atom. The maximum Gasteiger partial charge on any atom is 0.417 e. The number of hydrogen-bond donors (Lipinski definition) is 1. The Kier molecular flexibility index (Phi) is 6.32. The van der Waals surface area contributed by atoms with E-state index < -0.39 is 11.7 Å². The fourth-order valence-electron chi connectivity index (χ4n) is 2.88. The highest BCUT2D eigenvalue weighted by atomic mass is 35.5. The van der Waals surface area contributed by atoms with E-state index in [0.29, 0.717) is 5.92 Å². The molecule has 1 aromatic rings. The number of hydrogen-bond acceptors (Lipinski definition) is 3. The zero-order valence-electron chi connectivity index (χ0n) is 13.5. The molecule has 1 aromatic heterocycles. The van der Waals surface area contributed by atoms with Crippen LogP contribution in [0.1, 0.15) is 37.7 Å². The van der Waals surface area contributed by atoms with Crippen LogP contribution in [0.15, 0.2) is 12.3 Å². The summed E-state index contributed by atoms with van der Waals surface area (Å²) in [5.41, 5.74) is -0.898. The monoisotopic (exact) mass is 363 g/mol. The van der Waals surface area contributed by atoms with Crippen molar-refractivity contribution in [1.29, 1.82) is 0 Å². The van der Waals surface area contributed by atoms with Crippen molar-refractivity contribution in [2.24, 2.45) is 5.92 Å². The number of anilines is 1. The highest BCUT2D eigenvalue weighted by Gasteiger charge is 2.31. The number of carbonyl (C=O) groups is 1. The Hall–Kier alpha value is -1.50. The lowest BCUT2D eigenvalue weighted by atomic mass is 10.1. The number of rotatable bonds is 6. The summed E-state index contributed by atoms with van der Waals surface area (Å²) >= 11 is 5.81. The molecular formula is C16H21ClF3N3O. The molecule has 0 spiro atoms. The molecule has 0 aliphatic heterocycles. The second kappa shape index (κ2) is 8.05. The zero-order chi connectivity index (χ0) is 17.7. The number of halogens is 4. The highest BCUT2D eigenvalue weighted by molar-refractivity contribution is 6.32. The van der Waals surface area contributed by atoms with Crippen molar-refractivity contribution in [2.75, 3.05) is 25.5 Å². The van der Waals surface area contributed by atoms with Crippen LogP contribution in [0.2, 0.25) is 5.02 Å². The van der Waals surface area contributed by atoms with Gasteiger partial charge in [0.2, 0.25) is 5.91 Å². The van der Waals surface area contributed by atoms with Gasteiger partial charge < -0.3 is 10.2 Å². The lowest BCUT2D eigenvalue weighted by molar-refractivity contribution is -0.137. The average Bonchev–Trinajstić information content (AvgIpc) is 3.00. The molecule has 2 rings (SSSR count). The zero-order valence-corrected chi connectivity index (χ0v) is 14.3. The van der Waals surface area contributed by atoms with Gasteiger partial charge in [0, 0.05) is 32.8 Å². The lowest BCUT2D eigenvalue weighted by Crippen LogP contribution is -2.32. The van der Waals surface area contributed by atoms with Crippen molar-refractivity contribution < 1.29 is 18.0 Å². The Balaban J connectivity index is 1.79. The molecule has 0 bridgehead atoms. The van der Waals surface area contributed by atoms with Crippen LogP contribution in [0.4, 0.5) is 19.0 Å². The fourth-order valence-corrected chi connectivity index (χ4v) is 3.12. The summed E-state index contributed by atoms with van der Waals surface area (Å²) in [4.78, 5) is 17.5. The second-order valence-electron chi connectivity index (χ2n) is 6.15. The molecule has 0 saturated heterocycles. The Bertz CT molecular complexity index is 574. The van der Waals surface area contributed by atoms with E-state index in [1.165, 1.54) is 25.7 Å². The normalized spacial score (nSPS) is 15.5. The molecule has 1 saturated carbocycles. The van der Waals surface area contributed by atoms with E-state index in [1.807, 2.05) is 0 Å². The molecule has 1 fully saturated rings. The first kappa shape index (κ1) is 18.8. The van der Waals surface area contributed by atoms with Gasteiger partial charge in [-0.2, -0.15) is 13.2 Å². The van der Waals surface area contributed by atoms with Crippen LogP contribution in [0.3, 0.4) is 0 Å². The Morgan fingerprint density at radius 3 is 2.67 bits per heavy atom. The van der Waals surface area contributed by atoms with Gasteiger partial charge >= 0.3 is 6.18 Å². The number of amides is 1. The minimum absolute atomic E-state index is 0.00238. The molecule has 1 heterocycles. The quantitative estimate of drug-likeness (QED) is 0.823. The van der Waals surface area contributed by atoms with Crippen LogP contribution >= 0.6 is 11.6 Å². The lowest BCUT2D eigenvalue weighted by Gasteiger charge is -2.21. The van der Waals surface area contributed by atoms with Gasteiger partial charge in [0.15, 0.2) is 0 Å². The van der Waals surface area contributed by atoms with E-state index in [4.69, 9.17) is 11.6 Å². The SMILES string of the molecule is CN(CC1CCCC1)C(=O)CCNc1ncc(C(F)(F)F)cc1Cl. The number of pyridine rings is 1. The van der Waals surface area contributed by atoms with Crippen molar-refractivity contribution in [3.63, 3.8) is 0 Å². The van der Waals surface area contributed by atoms with E-state index >= 15 is 0 Å². The van der Waals surface area contributed by atoms with Gasteiger partial charge in [-0.25, -0.2) is 4.98 Å².